The maximum absolute atomic E-state index is 12.8. The summed E-state index contributed by atoms with van der Waals surface area (Å²) in [6, 6.07) is 5.37. The number of nitrogen functional groups attached to an aromatic ring is 1. The molecule has 1 aliphatic heterocycles. The first kappa shape index (κ1) is 25.3. The van der Waals surface area contributed by atoms with Gasteiger partial charge in [0.25, 0.3) is 0 Å². The lowest BCUT2D eigenvalue weighted by atomic mass is 10.1. The Balaban J connectivity index is 1.87. The van der Waals surface area contributed by atoms with Gasteiger partial charge in [0, 0.05) is 24.5 Å². The molecule has 1 fully saturated rings. The van der Waals surface area contributed by atoms with E-state index in [-0.39, 0.29) is 17.3 Å². The van der Waals surface area contributed by atoms with Gasteiger partial charge in [0.05, 0.1) is 10.8 Å². The summed E-state index contributed by atoms with van der Waals surface area (Å²) in [5.74, 6) is 1.33. The van der Waals surface area contributed by atoms with Gasteiger partial charge < -0.3 is 20.7 Å². The Morgan fingerprint density at radius 1 is 1.29 bits per heavy atom. The summed E-state index contributed by atoms with van der Waals surface area (Å²) >= 11 is 1.67. The van der Waals surface area contributed by atoms with Crippen LogP contribution in [0.5, 0.6) is 0 Å². The van der Waals surface area contributed by atoms with Crippen LogP contribution in [0.1, 0.15) is 40.0 Å². The molecule has 174 valence electrons. The molecule has 1 heterocycles. The Bertz CT molecular complexity index is 865. The molecule has 1 atom stereocenters. The van der Waals surface area contributed by atoms with Crippen LogP contribution in [-0.4, -0.2) is 61.7 Å². The summed E-state index contributed by atoms with van der Waals surface area (Å²) < 4.78 is 32.5. The number of thioether (sulfide) groups is 1. The number of alkyl carbamates (subject to hydrolysis) is 1. The molecule has 0 radical (unpaired) electrons. The molecular weight excluding hydrogens is 440 g/mol. The Labute approximate surface area is 188 Å². The second-order valence-corrected chi connectivity index (χ2v) is 11.1. The number of carbonyl (C=O) groups is 2. The molecule has 0 bridgehead atoms. The lowest BCUT2D eigenvalue weighted by molar-refractivity contribution is -0.132. The van der Waals surface area contributed by atoms with E-state index in [2.05, 4.69) is 10.0 Å². The zero-order valence-corrected chi connectivity index (χ0v) is 19.9. The van der Waals surface area contributed by atoms with Gasteiger partial charge in [0.2, 0.25) is 15.9 Å². The number of nitrogens with two attached hydrogens (primary N) is 1. The van der Waals surface area contributed by atoms with Crippen LogP contribution in [0.2, 0.25) is 0 Å². The number of anilines is 1. The average molecular weight is 473 g/mol. The third kappa shape index (κ3) is 8.58. The summed E-state index contributed by atoms with van der Waals surface area (Å²) in [6.45, 7) is 6.13. The van der Waals surface area contributed by atoms with Gasteiger partial charge in [-0.3, -0.25) is 4.79 Å². The molecule has 1 aliphatic rings. The van der Waals surface area contributed by atoms with E-state index < -0.39 is 27.8 Å². The van der Waals surface area contributed by atoms with Crippen molar-refractivity contribution in [3.63, 3.8) is 0 Å². The van der Waals surface area contributed by atoms with Crippen LogP contribution in [0, 0.1) is 0 Å². The highest BCUT2D eigenvalue weighted by atomic mass is 32.2. The van der Waals surface area contributed by atoms with E-state index in [9.17, 15) is 18.0 Å². The van der Waals surface area contributed by atoms with E-state index in [0.29, 0.717) is 37.4 Å². The van der Waals surface area contributed by atoms with Crippen molar-refractivity contribution in [2.45, 2.75) is 56.6 Å². The van der Waals surface area contributed by atoms with Crippen molar-refractivity contribution in [2.24, 2.45) is 0 Å². The lowest BCUT2D eigenvalue weighted by Crippen LogP contribution is -2.49. The molecule has 0 aliphatic carbocycles. The molecule has 2 amide bonds. The third-order valence-electron chi connectivity index (χ3n) is 4.43. The van der Waals surface area contributed by atoms with Crippen molar-refractivity contribution >= 4 is 39.5 Å². The van der Waals surface area contributed by atoms with Crippen molar-refractivity contribution < 1.29 is 22.7 Å². The topological polar surface area (TPSA) is 131 Å². The first-order valence-corrected chi connectivity index (χ1v) is 12.8. The number of amides is 2. The van der Waals surface area contributed by atoms with Gasteiger partial charge in [0.15, 0.2) is 0 Å². The molecule has 11 heteroatoms. The molecule has 1 saturated heterocycles. The van der Waals surface area contributed by atoms with Crippen LogP contribution in [-0.2, 0) is 19.6 Å². The molecule has 0 unspecified atom stereocenters. The van der Waals surface area contributed by atoms with Crippen LogP contribution >= 0.6 is 11.8 Å². The van der Waals surface area contributed by atoms with E-state index >= 15 is 0 Å². The van der Waals surface area contributed by atoms with Gasteiger partial charge >= 0.3 is 6.09 Å². The van der Waals surface area contributed by atoms with Crippen molar-refractivity contribution in [1.82, 2.24) is 14.9 Å². The quantitative estimate of drug-likeness (QED) is 0.371. The average Bonchev–Trinajstić information content (AvgIpc) is 3.19. The monoisotopic (exact) mass is 472 g/mol. The Kier molecular flexibility index (Phi) is 9.01. The van der Waals surface area contributed by atoms with E-state index in [1.54, 1.807) is 49.6 Å². The number of hydrogen-bond donors (Lipinski definition) is 3. The number of hydrogen-bond acceptors (Lipinski definition) is 7. The van der Waals surface area contributed by atoms with E-state index in [0.717, 1.165) is 5.75 Å². The second kappa shape index (κ2) is 11.1. The van der Waals surface area contributed by atoms with Gasteiger partial charge in [-0.2, -0.15) is 0 Å². The fraction of sp³-hybridized carbons (Fsp3) is 0.600. The smallest absolute Gasteiger partial charge is 0.408 e. The highest BCUT2D eigenvalue weighted by Gasteiger charge is 2.29. The van der Waals surface area contributed by atoms with Crippen LogP contribution in [0.3, 0.4) is 0 Å². The zero-order valence-electron chi connectivity index (χ0n) is 18.2. The van der Waals surface area contributed by atoms with Gasteiger partial charge in [0.1, 0.15) is 11.6 Å². The van der Waals surface area contributed by atoms with Gasteiger partial charge in [-0.05, 0) is 58.2 Å². The Morgan fingerprint density at radius 3 is 2.65 bits per heavy atom. The summed E-state index contributed by atoms with van der Waals surface area (Å²) in [5.41, 5.74) is 5.35. The van der Waals surface area contributed by atoms with Crippen molar-refractivity contribution in [3.05, 3.63) is 24.3 Å². The third-order valence-corrected chi connectivity index (χ3v) is 6.86. The molecule has 0 spiro atoms. The van der Waals surface area contributed by atoms with Crippen LogP contribution in [0.4, 0.5) is 10.5 Å². The lowest BCUT2D eigenvalue weighted by Gasteiger charge is -2.26. The Hall–Kier alpha value is -1.98. The fourth-order valence-electron chi connectivity index (χ4n) is 2.96. The normalized spacial score (nSPS) is 15.5. The molecule has 1 aromatic carbocycles. The molecule has 9 nitrogen and oxygen atoms in total. The zero-order chi connectivity index (χ0) is 23.1. The van der Waals surface area contributed by atoms with E-state index in [4.69, 9.17) is 10.5 Å². The maximum atomic E-state index is 12.8. The summed E-state index contributed by atoms with van der Waals surface area (Å²) in [6.07, 6.45) is 0.808. The molecule has 31 heavy (non-hydrogen) atoms. The second-order valence-electron chi connectivity index (χ2n) is 8.30. The summed E-state index contributed by atoms with van der Waals surface area (Å²) in [4.78, 5) is 26.8. The van der Waals surface area contributed by atoms with Crippen molar-refractivity contribution in [3.8, 4) is 0 Å². The largest absolute Gasteiger partial charge is 0.444 e. The van der Waals surface area contributed by atoms with Gasteiger partial charge in [-0.25, -0.2) is 17.9 Å². The molecule has 0 saturated carbocycles. The molecule has 1 aromatic rings. The molecule has 2 rings (SSSR count). The first-order valence-electron chi connectivity index (χ1n) is 10.2. The minimum atomic E-state index is -3.65. The predicted molar refractivity (Wildman–Crippen MR) is 122 cm³/mol. The van der Waals surface area contributed by atoms with Crippen molar-refractivity contribution in [1.29, 1.82) is 0 Å². The highest BCUT2D eigenvalue weighted by Crippen LogP contribution is 2.17. The number of benzene rings is 1. The molecule has 4 N–H and O–H groups in total. The number of ether oxygens (including phenoxy) is 1. The highest BCUT2D eigenvalue weighted by molar-refractivity contribution is 7.99. The minimum absolute atomic E-state index is 0.110. The van der Waals surface area contributed by atoms with Crippen LogP contribution in [0.25, 0.3) is 0 Å². The van der Waals surface area contributed by atoms with E-state index in [1.807, 2.05) is 0 Å². The number of nitrogens with zero attached hydrogens (tertiary/aromatic N) is 1. The predicted octanol–water partition coefficient (Wildman–Crippen LogP) is 2.14. The van der Waals surface area contributed by atoms with Crippen LogP contribution < -0.4 is 15.8 Å². The van der Waals surface area contributed by atoms with E-state index in [1.165, 1.54) is 12.1 Å². The van der Waals surface area contributed by atoms with Crippen molar-refractivity contribution in [2.75, 3.05) is 30.5 Å². The number of nitrogens with one attached hydrogen (secondary N) is 2. The maximum Gasteiger partial charge on any atom is 0.408 e. The minimum Gasteiger partial charge on any atom is -0.444 e. The molecule has 0 aromatic heterocycles. The Morgan fingerprint density at radius 2 is 2.03 bits per heavy atom. The summed E-state index contributed by atoms with van der Waals surface area (Å²) in [7, 11) is -3.65. The SMILES string of the molecule is CC(C)(C)OC(=O)N[C@@H](CCCCNS(=O)(=O)c1cccc(N)c1)C(=O)N1CCSC1. The standard InChI is InChI=1S/C20H32N4O5S2/c1-20(2,3)29-19(26)23-17(18(25)24-11-12-30-14-24)9-4-5-10-22-31(27,28)16-8-6-7-15(21)13-16/h6-8,13,17,22H,4-5,9-12,14,21H2,1-3H3,(H,23,26)/t17-/m0/s1. The number of carbonyl (C=O) groups excluding carboxylic acids is 2. The molecular formula is C20H32N4O5S2. The number of unbranched alkanes of at least 4 members (excludes halogenated alkanes) is 1. The fourth-order valence-corrected chi connectivity index (χ4v) is 5.04. The summed E-state index contributed by atoms with van der Waals surface area (Å²) in [5, 5.41) is 2.68. The van der Waals surface area contributed by atoms with Crippen LogP contribution in [0.15, 0.2) is 29.2 Å². The first-order chi connectivity index (χ1) is 14.5. The van der Waals surface area contributed by atoms with Gasteiger partial charge in [-0.15, -0.1) is 11.8 Å². The van der Waals surface area contributed by atoms with Gasteiger partial charge in [-0.1, -0.05) is 6.07 Å². The number of rotatable bonds is 9. The number of sulfonamides is 1.